The van der Waals surface area contributed by atoms with Crippen molar-refractivity contribution in [3.8, 4) is 6.07 Å². The Bertz CT molecular complexity index is 6930. The SMILES string of the molecule is Cc1cn([C@H]2C[C@H](OP(=O)(O)OC[C@H]3O[C@@H](n4cnc5c(=O)[nH]c(N)nc54)C[C@@H]3OP(=O)(O)OC[C@H]3O[C@@H](n4cc(C)c(=O)[nH]c4=O)C[C@@H]3OP(=O)(O)OC[C@H]3O[C@@H](n4cnc5c(=O)[nH]c(N)nc54)C[C@@H]3OP(=O)(O)OC[C@H]3O[C@@H](n4cnc5c(N)ncnc54)C[C@@H]3OP(=O)(O)OC[C@H]3O[C@@H](n4c5ccccc5c5cc(/C=C/C#N)ccc54)C[C@@H]3O)[C@@H](CO)O2)c(=O)[nH]c1=O. The van der Waals surface area contributed by atoms with E-state index in [4.69, 9.17) is 90.9 Å². The van der Waals surface area contributed by atoms with Crippen molar-refractivity contribution in [3.05, 3.63) is 165 Å². The van der Waals surface area contributed by atoms with Gasteiger partial charge in [0.05, 0.1) is 81.8 Å². The smallest absolute Gasteiger partial charge is 0.394 e. The number of nitrogen functional groups attached to an aromatic ring is 3. The first-order valence-corrected chi connectivity index (χ1v) is 46.9. The Morgan fingerprint density at radius 1 is 0.469 bits per heavy atom. The summed E-state index contributed by atoms with van der Waals surface area (Å²) in [5, 5.41) is 32.5. The van der Waals surface area contributed by atoms with Crippen LogP contribution in [-0.4, -0.2) is 230 Å². The van der Waals surface area contributed by atoms with E-state index in [0.717, 1.165) is 66.2 Å². The summed E-state index contributed by atoms with van der Waals surface area (Å²) in [7, 11) is -27.5. The highest BCUT2D eigenvalue weighted by Gasteiger charge is 2.52. The number of nitrogens with zero attached hydrogens (tertiary/aromatic N) is 14. The Kier molecular flexibility index (Phi) is 25.6. The van der Waals surface area contributed by atoms with Gasteiger partial charge >= 0.3 is 50.5 Å². The first-order valence-electron chi connectivity index (χ1n) is 39.4. The predicted octanol–water partition coefficient (Wildman–Crippen LogP) is 1.49. The number of aromatic amines is 4. The van der Waals surface area contributed by atoms with Crippen LogP contribution in [0.4, 0.5) is 17.7 Å². The molecule has 694 valence electrons. The summed E-state index contributed by atoms with van der Waals surface area (Å²) >= 11 is 0. The van der Waals surface area contributed by atoms with Crippen molar-refractivity contribution in [1.82, 2.24) is 82.2 Å². The van der Waals surface area contributed by atoms with Crippen LogP contribution < -0.4 is 50.8 Å². The molecule has 17 rings (SSSR count). The lowest BCUT2D eigenvalue weighted by Gasteiger charge is -2.26. The summed E-state index contributed by atoms with van der Waals surface area (Å²) < 4.78 is 172. The minimum absolute atomic E-state index is 0.00145. The van der Waals surface area contributed by atoms with Crippen LogP contribution in [0.3, 0.4) is 0 Å². The van der Waals surface area contributed by atoms with Crippen LogP contribution in [0.15, 0.2) is 115 Å². The van der Waals surface area contributed by atoms with Gasteiger partial charge < -0.3 is 84.9 Å². The maximum atomic E-state index is 14.6. The summed E-state index contributed by atoms with van der Waals surface area (Å²) in [6, 6.07) is 14.9. The van der Waals surface area contributed by atoms with Gasteiger partial charge in [0.15, 0.2) is 33.8 Å². The van der Waals surface area contributed by atoms with E-state index in [2.05, 4.69) is 54.8 Å². The van der Waals surface area contributed by atoms with Gasteiger partial charge in [-0.05, 0) is 43.7 Å². The average Bonchev–Trinajstić information content (AvgIpc) is 1.59. The van der Waals surface area contributed by atoms with Gasteiger partial charge in [-0.25, -0.2) is 57.3 Å². The van der Waals surface area contributed by atoms with E-state index in [1.807, 2.05) is 47.0 Å². The molecule has 0 radical (unpaired) electrons. The first kappa shape index (κ1) is 91.6. The third-order valence-corrected chi connectivity index (χ3v) is 27.2. The second kappa shape index (κ2) is 36.4. The largest absolute Gasteiger partial charge is 0.472 e. The Morgan fingerprint density at radius 3 is 1.29 bits per heavy atom. The van der Waals surface area contributed by atoms with Gasteiger partial charge in [-0.2, -0.15) is 15.2 Å². The number of fused-ring (bicyclic) bond motifs is 6. The molecule has 0 amide bonds. The zero-order valence-electron chi connectivity index (χ0n) is 67.4. The molecule has 0 saturated carbocycles. The number of nitrogens with one attached hydrogen (secondary N) is 4. The molecule has 0 spiro atoms. The highest BCUT2D eigenvalue weighted by molar-refractivity contribution is 7.48. The van der Waals surface area contributed by atoms with Gasteiger partial charge in [0.25, 0.3) is 22.2 Å². The number of anilines is 3. The van der Waals surface area contributed by atoms with Crippen molar-refractivity contribution in [1.29, 1.82) is 5.26 Å². The van der Waals surface area contributed by atoms with Crippen molar-refractivity contribution in [2.45, 2.75) is 163 Å². The number of imidazole rings is 3. The number of allylic oxidation sites excluding steroid dienone is 1. The number of para-hydroxylation sites is 1. The number of benzene rings is 2. The number of aliphatic hydroxyl groups is 2. The molecule has 6 fully saturated rings. The molecule has 6 aliphatic heterocycles. The van der Waals surface area contributed by atoms with E-state index in [1.54, 1.807) is 12.1 Å². The lowest BCUT2D eigenvalue weighted by Crippen LogP contribution is -2.33. The fraction of sp³-hybridized carbons (Fsp3) is 0.457. The van der Waals surface area contributed by atoms with Gasteiger partial charge in [0, 0.05) is 78.9 Å². The van der Waals surface area contributed by atoms with E-state index in [-0.39, 0.29) is 75.6 Å². The van der Waals surface area contributed by atoms with Gasteiger partial charge in [-0.3, -0.25) is 107 Å². The molecule has 11 aromatic rings. The average molecular weight is 1910 g/mol. The van der Waals surface area contributed by atoms with Crippen molar-refractivity contribution < 1.29 is 131 Å². The highest BCUT2D eigenvalue weighted by atomic mass is 31.2. The van der Waals surface area contributed by atoms with Crippen LogP contribution in [0.2, 0.25) is 0 Å². The van der Waals surface area contributed by atoms with Crippen LogP contribution in [0.5, 0.6) is 0 Å². The molecular weight excluding hydrogens is 1830 g/mol. The second-order valence-electron chi connectivity index (χ2n) is 30.7. The summed E-state index contributed by atoms with van der Waals surface area (Å²) in [4.78, 5) is 172. The molecule has 2 aromatic carbocycles. The van der Waals surface area contributed by atoms with E-state index < -0.39 is 248 Å². The number of hydrogen-bond donors (Lipinski definition) is 14. The number of rotatable bonds is 33. The summed E-state index contributed by atoms with van der Waals surface area (Å²) in [5.74, 6) is -0.801. The molecule has 60 heteroatoms. The van der Waals surface area contributed by atoms with Crippen LogP contribution >= 0.6 is 39.1 Å². The molecular formula is C70H80N21O34P5. The number of hydrogen-bond acceptors (Lipinski definition) is 40. The van der Waals surface area contributed by atoms with Gasteiger partial charge in [-0.1, -0.05) is 24.3 Å². The molecule has 0 bridgehead atoms. The molecule has 6 aliphatic rings. The molecule has 0 aliphatic carbocycles. The standard InChI is InChI=1S/C70H80N21O34P5/c1-31-19-86(69(98)84-63(31)94)50-14-39(44(21-92)115-50)121-127(102,103)111-25-48-42(17-53(119-48)89-29-78-57-61(89)80-67(73)82-65(57)96)124-129(106,107)112-23-46-40(15-51(117-46)87-20-32(2)64(95)85-70(87)99)122-128(104,105)114-26-49-43(18-54(120-49)90-30-79-58-62(90)81-68(74)83-66(58)97)125-130(108,109)113-24-47-41(16-52(118-47)88-28-77-56-59(72)75-27-76-60(56)88)123-126(100,101)110-22-45-38(93)13-55(116-45)91-36-8-4-3-7-34(36)35-12-33(6-5-11-71)9-10-37(35)91/h3-10,12,19-20,27-30,38-55,92-93H,13-18,21-26H2,1-2H3,(H,100,101)(H,102,103)(H,104,105)(H,106,107)(H,108,109)(H2,72,75,76)(H,84,94,98)(H,85,95,99)(H3,73,80,82,96)(H3,74,81,83,97)/b6-5+/t38-,39-,40-,41-,42-,43-,44+,45+,46+,47+,48+,49+,50+,51+,52+,53+,54+,55+/m0/s1. The number of nitriles is 1. The van der Waals surface area contributed by atoms with E-state index in [1.165, 1.54) is 41.6 Å². The number of ether oxygens (including phenoxy) is 6. The van der Waals surface area contributed by atoms with E-state index >= 15 is 0 Å². The van der Waals surface area contributed by atoms with Gasteiger partial charge in [-0.15, -0.1) is 0 Å². The summed E-state index contributed by atoms with van der Waals surface area (Å²) in [5.41, 5.74) is 14.4. The summed E-state index contributed by atoms with van der Waals surface area (Å²) in [6.07, 6.45) is -19.4. The third kappa shape index (κ3) is 19.4. The van der Waals surface area contributed by atoms with Gasteiger partial charge in [0.1, 0.15) is 116 Å². The Balaban J connectivity index is 0.587. The quantitative estimate of drug-likeness (QED) is 0.0205. The highest BCUT2D eigenvalue weighted by Crippen LogP contribution is 2.57. The Labute approximate surface area is 725 Å². The van der Waals surface area contributed by atoms with E-state index in [0.29, 0.717) is 0 Å². The van der Waals surface area contributed by atoms with Gasteiger partial charge in [0.2, 0.25) is 11.9 Å². The molecule has 55 nitrogen and oxygen atoms in total. The number of nitrogens with two attached hydrogens (primary N) is 3. The maximum absolute atomic E-state index is 14.6. The number of phosphoric acid groups is 5. The van der Waals surface area contributed by atoms with Crippen molar-refractivity contribution in [2.24, 2.45) is 0 Å². The first-order chi connectivity index (χ1) is 61.8. The van der Waals surface area contributed by atoms with Crippen LogP contribution in [-0.2, 0) is 96.5 Å². The zero-order chi connectivity index (χ0) is 91.9. The number of aryl methyl sites for hydroxylation is 2. The molecule has 5 unspecified atom stereocenters. The lowest BCUT2D eigenvalue weighted by atomic mass is 10.1. The van der Waals surface area contributed by atoms with Crippen molar-refractivity contribution in [2.75, 3.05) is 56.8 Å². The normalized spacial score (nSPS) is 28.4. The zero-order valence-corrected chi connectivity index (χ0v) is 71.9. The molecule has 15 heterocycles. The minimum atomic E-state index is -5.69. The van der Waals surface area contributed by atoms with Crippen molar-refractivity contribution >= 4 is 118 Å². The molecule has 130 heavy (non-hydrogen) atoms. The lowest BCUT2D eigenvalue weighted by molar-refractivity contribution is -0.0645. The molecule has 9 aromatic heterocycles. The minimum Gasteiger partial charge on any atom is -0.394 e. The fourth-order valence-electron chi connectivity index (χ4n) is 16.1. The molecule has 23 atom stereocenters. The van der Waals surface area contributed by atoms with Crippen LogP contribution in [0.1, 0.15) is 92.6 Å². The number of aliphatic hydroxyl groups excluding tert-OH is 2. The third-order valence-electron chi connectivity index (χ3n) is 22.1. The molecule has 17 N–H and O–H groups in total. The Hall–Kier alpha value is -10.3. The number of phosphoric ester groups is 5. The number of H-pyrrole nitrogens is 4. The van der Waals surface area contributed by atoms with E-state index in [9.17, 15) is 91.5 Å². The summed E-state index contributed by atoms with van der Waals surface area (Å²) in [6.45, 7) is -3.15. The maximum Gasteiger partial charge on any atom is 0.472 e. The fourth-order valence-corrected chi connectivity index (χ4v) is 20.9. The van der Waals surface area contributed by atoms with Crippen LogP contribution in [0.25, 0.3) is 61.4 Å². The number of aromatic nitrogens is 17. The Morgan fingerprint density at radius 2 is 0.854 bits per heavy atom. The predicted molar refractivity (Wildman–Crippen MR) is 439 cm³/mol. The second-order valence-corrected chi connectivity index (χ2v) is 37.7. The topological polar surface area (TPSA) is 762 Å². The molecule has 6 saturated heterocycles. The van der Waals surface area contributed by atoms with Crippen molar-refractivity contribution in [3.63, 3.8) is 0 Å². The van der Waals surface area contributed by atoms with Crippen LogP contribution in [0, 0.1) is 25.2 Å². The monoisotopic (exact) mass is 1910 g/mol.